The van der Waals surface area contributed by atoms with Crippen LogP contribution in [0, 0.1) is 0 Å². The highest BCUT2D eigenvalue weighted by molar-refractivity contribution is 6.16. The van der Waals surface area contributed by atoms with E-state index in [0.29, 0.717) is 24.2 Å². The van der Waals surface area contributed by atoms with Crippen molar-refractivity contribution in [1.29, 1.82) is 0 Å². The molecule has 348 valence electrons. The number of benzene rings is 4. The van der Waals surface area contributed by atoms with E-state index in [2.05, 4.69) is 37.5 Å². The number of esters is 6. The Bertz CT molecular complexity index is 2650. The Balaban J connectivity index is 0.889. The quantitative estimate of drug-likeness (QED) is 0.0717. The van der Waals surface area contributed by atoms with E-state index in [4.69, 9.17) is 28.4 Å². The highest BCUT2D eigenvalue weighted by atomic mass is 16.8. The molecule has 14 heteroatoms. The van der Waals surface area contributed by atoms with Crippen LogP contribution in [0.4, 0.5) is 11.4 Å². The number of para-hydroxylation sites is 2. The summed E-state index contributed by atoms with van der Waals surface area (Å²) in [4.78, 5) is 83.0. The van der Waals surface area contributed by atoms with Crippen molar-refractivity contribution >= 4 is 47.2 Å². The number of anilines is 2. The molecule has 4 aliphatic heterocycles. The van der Waals surface area contributed by atoms with Gasteiger partial charge in [-0.2, -0.15) is 0 Å². The average molecular weight is 919 g/mol. The Hall–Kier alpha value is -7.74. The Morgan fingerprint density at radius 2 is 0.824 bits per heavy atom. The first kappa shape index (κ1) is 45.4. The lowest BCUT2D eigenvalue weighted by atomic mass is 9.83. The molecule has 0 bridgehead atoms. The van der Waals surface area contributed by atoms with Gasteiger partial charge in [0.05, 0.1) is 25.3 Å². The molecule has 1 saturated carbocycles. The van der Waals surface area contributed by atoms with Gasteiger partial charge in [0.15, 0.2) is 0 Å². The van der Waals surface area contributed by atoms with Crippen LogP contribution in [0.25, 0.3) is 0 Å². The van der Waals surface area contributed by atoms with Crippen LogP contribution in [0.2, 0.25) is 0 Å². The predicted molar refractivity (Wildman–Crippen MR) is 247 cm³/mol. The fourth-order valence-corrected chi connectivity index (χ4v) is 9.84. The van der Waals surface area contributed by atoms with Gasteiger partial charge in [0.1, 0.15) is 11.1 Å². The molecule has 68 heavy (non-hydrogen) atoms. The molecule has 0 radical (unpaired) electrons. The van der Waals surface area contributed by atoms with E-state index >= 15 is 0 Å². The van der Waals surface area contributed by atoms with Crippen molar-refractivity contribution in [2.75, 3.05) is 24.0 Å². The highest BCUT2D eigenvalue weighted by Gasteiger charge is 2.57. The molecule has 2 saturated heterocycles. The van der Waals surface area contributed by atoms with Crippen molar-refractivity contribution in [3.05, 3.63) is 177 Å². The number of hydrogen-bond donors (Lipinski definition) is 0. The van der Waals surface area contributed by atoms with Crippen LogP contribution in [-0.2, 0) is 71.5 Å². The van der Waals surface area contributed by atoms with Gasteiger partial charge in [0, 0.05) is 72.4 Å². The van der Waals surface area contributed by atoms with Gasteiger partial charge in [0.25, 0.3) is 11.6 Å². The first-order valence-corrected chi connectivity index (χ1v) is 22.3. The van der Waals surface area contributed by atoms with E-state index in [1.165, 1.54) is 26.4 Å². The van der Waals surface area contributed by atoms with Crippen molar-refractivity contribution in [3.63, 3.8) is 0 Å². The molecule has 0 aromatic heterocycles. The summed E-state index contributed by atoms with van der Waals surface area (Å²) in [5.41, 5.74) is 6.71. The molecule has 3 fully saturated rings. The zero-order valence-electron chi connectivity index (χ0n) is 38.6. The zero-order chi connectivity index (χ0) is 48.2. The first-order valence-electron chi connectivity index (χ1n) is 22.3. The molecule has 4 heterocycles. The first-order chi connectivity index (χ1) is 32.5. The van der Waals surface area contributed by atoms with Crippen LogP contribution in [0.3, 0.4) is 0 Å². The second-order valence-electron chi connectivity index (χ2n) is 18.5. The van der Waals surface area contributed by atoms with Gasteiger partial charge in [-0.3, -0.25) is 0 Å². The standard InChI is InChI=1S/C54H50N2O12/c1-51(2)39-11-7-9-13-41(39)55(31-33-15-19-35(20-16-33)45(57)63-5)43(51)25-23-37-47(59)65-53(66-48(37)60)27-29-54(30-28-53)67-49(61)38(50(62)68-54)24-26-44-52(3,4)40-12-8-10-14-42(40)56(44)32-34-17-21-36(22-18-34)46(58)64-6/h7-26H,27-32H2,1-6H3. The lowest BCUT2D eigenvalue weighted by molar-refractivity contribution is -0.291. The van der Waals surface area contributed by atoms with Crippen molar-refractivity contribution < 1.29 is 57.2 Å². The molecule has 1 aliphatic carbocycles. The van der Waals surface area contributed by atoms with Crippen molar-refractivity contribution in [2.24, 2.45) is 0 Å². The molecule has 9 rings (SSSR count). The van der Waals surface area contributed by atoms with Crippen LogP contribution >= 0.6 is 0 Å². The minimum Gasteiger partial charge on any atom is -0.465 e. The summed E-state index contributed by atoms with van der Waals surface area (Å²) in [6.07, 6.45) is 5.94. The number of fused-ring (bicyclic) bond motifs is 2. The number of ether oxygens (including phenoxy) is 6. The van der Waals surface area contributed by atoms with E-state index in [1.54, 1.807) is 36.4 Å². The number of rotatable bonds is 8. The Labute approximate surface area is 393 Å². The Kier molecular flexibility index (Phi) is 11.5. The molecule has 5 aliphatic rings. The summed E-state index contributed by atoms with van der Waals surface area (Å²) in [6, 6.07) is 30.1. The molecule has 0 N–H and O–H groups in total. The molecule has 14 nitrogen and oxygen atoms in total. The molecule has 4 aromatic carbocycles. The maximum atomic E-state index is 13.7. The molecule has 2 spiro atoms. The van der Waals surface area contributed by atoms with E-state index in [-0.39, 0.29) is 36.8 Å². The zero-order valence-corrected chi connectivity index (χ0v) is 38.6. The summed E-state index contributed by atoms with van der Waals surface area (Å²) < 4.78 is 33.1. The smallest absolute Gasteiger partial charge is 0.348 e. The van der Waals surface area contributed by atoms with Crippen LogP contribution in [0.5, 0.6) is 0 Å². The Morgan fingerprint density at radius 1 is 0.500 bits per heavy atom. The van der Waals surface area contributed by atoms with Crippen molar-refractivity contribution in [2.45, 2.75) is 88.9 Å². The molecule has 0 amide bonds. The molecule has 0 atom stereocenters. The van der Waals surface area contributed by atoms with E-state index in [1.807, 2.05) is 72.8 Å². The third-order valence-corrected chi connectivity index (χ3v) is 13.6. The van der Waals surface area contributed by atoms with Crippen LogP contribution in [0.15, 0.2) is 144 Å². The summed E-state index contributed by atoms with van der Waals surface area (Å²) >= 11 is 0. The largest absolute Gasteiger partial charge is 0.465 e. The van der Waals surface area contributed by atoms with Gasteiger partial charge >= 0.3 is 35.8 Å². The monoisotopic (exact) mass is 918 g/mol. The van der Waals surface area contributed by atoms with Crippen LogP contribution in [0.1, 0.15) is 96.3 Å². The molecule has 4 aromatic rings. The van der Waals surface area contributed by atoms with E-state index in [9.17, 15) is 28.8 Å². The van der Waals surface area contributed by atoms with Gasteiger partial charge in [-0.05, 0) is 83.0 Å². The lowest BCUT2D eigenvalue weighted by Gasteiger charge is -2.46. The van der Waals surface area contributed by atoms with Crippen molar-refractivity contribution in [3.8, 4) is 0 Å². The van der Waals surface area contributed by atoms with Gasteiger partial charge < -0.3 is 38.2 Å². The van der Waals surface area contributed by atoms with Gasteiger partial charge in [0.2, 0.25) is 0 Å². The number of hydrogen-bond acceptors (Lipinski definition) is 14. The summed E-state index contributed by atoms with van der Waals surface area (Å²) in [7, 11) is 2.66. The predicted octanol–water partition coefficient (Wildman–Crippen LogP) is 8.34. The fraction of sp³-hybridized carbons (Fsp3) is 0.296. The van der Waals surface area contributed by atoms with Crippen molar-refractivity contribution in [1.82, 2.24) is 0 Å². The molecule has 0 unspecified atom stereocenters. The molecular weight excluding hydrogens is 869 g/mol. The third-order valence-electron chi connectivity index (χ3n) is 13.6. The van der Waals surface area contributed by atoms with E-state index in [0.717, 1.165) is 45.0 Å². The number of allylic oxidation sites excluding steroid dienone is 6. The van der Waals surface area contributed by atoms with Gasteiger partial charge in [-0.15, -0.1) is 0 Å². The van der Waals surface area contributed by atoms with Gasteiger partial charge in [-0.1, -0.05) is 88.4 Å². The van der Waals surface area contributed by atoms with E-state index < -0.39 is 58.2 Å². The number of nitrogens with zero attached hydrogens (tertiary/aromatic N) is 2. The summed E-state index contributed by atoms with van der Waals surface area (Å²) in [6.45, 7) is 9.10. The van der Waals surface area contributed by atoms with Gasteiger partial charge in [-0.25, -0.2) is 28.8 Å². The third kappa shape index (κ3) is 8.03. The normalized spacial score (nSPS) is 23.4. The van der Waals surface area contributed by atoms with Crippen LogP contribution < -0.4 is 9.80 Å². The number of carbonyl (C=O) groups excluding carboxylic acids is 6. The SMILES string of the molecule is COC(=O)c1ccc(CN2C(=CC=C3C(=O)OC4(CCC5(CC4)OC(=O)C(=CC=C4N(Cc6ccc(C(=O)OC)cc6)c6ccccc6C4(C)C)C(=O)O5)OC3=O)C(C)(C)c3ccccc32)cc1. The van der Waals surface area contributed by atoms with Crippen LogP contribution in [-0.4, -0.2) is 61.6 Å². The second-order valence-corrected chi connectivity index (χ2v) is 18.5. The highest BCUT2D eigenvalue weighted by Crippen LogP contribution is 2.51. The minimum atomic E-state index is -1.65. The summed E-state index contributed by atoms with van der Waals surface area (Å²) in [5.74, 6) is -7.64. The topological polar surface area (TPSA) is 164 Å². The maximum Gasteiger partial charge on any atom is 0.348 e. The fourth-order valence-electron chi connectivity index (χ4n) is 9.84. The molecular formula is C54H50N2O12. The average Bonchev–Trinajstić information content (AvgIpc) is 3.67. The lowest BCUT2D eigenvalue weighted by Crippen LogP contribution is -2.56. The maximum absolute atomic E-state index is 13.7. The summed E-state index contributed by atoms with van der Waals surface area (Å²) in [5, 5.41) is 0. The number of carbonyl (C=O) groups is 6. The number of methoxy groups -OCH3 is 2. The Morgan fingerprint density at radius 3 is 1.15 bits per heavy atom. The second kappa shape index (κ2) is 17.2. The minimum absolute atomic E-state index is 0.0879.